The van der Waals surface area contributed by atoms with E-state index in [1.165, 1.54) is 383 Å². The average Bonchev–Trinajstić information content (AvgIpc) is 1.60. The third-order valence-electron chi connectivity index (χ3n) is 25.4. The number of unbranched alkanes of at least 4 members (excludes halogenated alkanes) is 7. The van der Waals surface area contributed by atoms with Crippen LogP contribution >= 0.6 is 34.8 Å². The topological polar surface area (TPSA) is 364 Å². The third kappa shape index (κ3) is 52.7. The minimum absolute atomic E-state index is 0. The van der Waals surface area contributed by atoms with Crippen molar-refractivity contribution in [1.82, 2.24) is 4.90 Å². The van der Waals surface area contributed by atoms with Crippen molar-refractivity contribution >= 4 is 115 Å². The Labute approximate surface area is 894 Å². The van der Waals surface area contributed by atoms with Gasteiger partial charge in [-0.05, 0) is 91.3 Å². The Morgan fingerprint density at radius 1 is 0.233 bits per heavy atom. The summed E-state index contributed by atoms with van der Waals surface area (Å²) in [5, 5.41) is 0. The van der Waals surface area contributed by atoms with Crippen LogP contribution in [0.15, 0.2) is 0 Å². The molecule has 0 aliphatic carbocycles. The van der Waals surface area contributed by atoms with Crippen molar-refractivity contribution in [2.24, 2.45) is 16.2 Å². The molecular weight excluding hydrogens is 2310 g/mol. The zero-order chi connectivity index (χ0) is 110. The molecule has 0 saturated carbocycles. The molecule has 880 valence electrons. The number of likely N-dealkylation sites (tertiary alicyclic amines) is 7. The molecule has 7 fully saturated rings. The van der Waals surface area contributed by atoms with E-state index in [1.54, 1.807) is 0 Å². The van der Waals surface area contributed by atoms with Crippen LogP contribution in [-0.4, -0.2) is 343 Å². The van der Waals surface area contributed by atoms with E-state index in [4.69, 9.17) is 34.8 Å². The van der Waals surface area contributed by atoms with Gasteiger partial charge in [-0.3, -0.25) is 0 Å². The van der Waals surface area contributed by atoms with Gasteiger partial charge in [0.1, 0.15) is 10.8 Å². The molecule has 7 aliphatic heterocycles. The molecule has 67 heteroatoms. The monoisotopic (exact) mass is 2450 g/mol. The number of rotatable bonds is 44. The molecule has 0 unspecified atom stereocenters. The summed E-state index contributed by atoms with van der Waals surface area (Å²) < 4.78 is 446. The fraction of sp³-hybridized carbons (Fsp3) is 1.00. The summed E-state index contributed by atoms with van der Waals surface area (Å²) in [7, 11) is -53.8. The van der Waals surface area contributed by atoms with Crippen molar-refractivity contribution in [1.29, 1.82) is 0 Å². The number of quaternary nitrogens is 6. The first-order chi connectivity index (χ1) is 63.8. The minimum Gasteiger partial charge on any atom is -1.00 e. The molecule has 0 amide bonds. The minimum atomic E-state index is -6.72. The number of sulfonamides is 8. The van der Waals surface area contributed by atoms with Crippen molar-refractivity contribution in [3.05, 3.63) is 16.5 Å². The molecule has 0 aromatic carbocycles. The SMILES string of the molecule is CC(CCl)(CCl)CCl.CCCCN1CCCC1.CCCC[N+]1(CC(C)(C[N+]2(CCCC)CCCC2)C[N+]2(CCCC)CCCC2)CCCC1.CCCC[N+]1(CC(C)(C[N+]2(CCCC)CCCC2)C[N+]2(CCCC)CCCC2)CCCC1.O.O=S(=O)([N-]S(=O)(=O)C(F)(F)F)C(F)(F)F.O=S(=O)([N-]S(=O)(=O)C(F)(F)F)C(F)(F)F.O=S(=O)([N-]S(=O)(=O)C(F)(F)F)C(F)(F)F.O=S(=O)([N-]S(=O)(=O)C(F)(F)F)C(F)(F)F.[Cl-].[Cl-].[Cl-].[Li+]. The Hall–Kier alpha value is -0.223. The van der Waals surface area contributed by atoms with Gasteiger partial charge in [0.25, 0.3) is 0 Å². The molecule has 0 aromatic rings. The maximum absolute atomic E-state index is 11.4. The first-order valence-corrected chi connectivity index (χ1v) is 59.9. The molecule has 0 spiro atoms. The largest absolute Gasteiger partial charge is 1.00 e. The van der Waals surface area contributed by atoms with Crippen LogP contribution in [0, 0.1) is 16.2 Å². The zero-order valence-electron chi connectivity index (χ0n) is 84.1. The molecule has 0 atom stereocenters. The predicted molar refractivity (Wildman–Crippen MR) is 497 cm³/mol. The first kappa shape index (κ1) is 156. The van der Waals surface area contributed by atoms with Crippen LogP contribution in [0.3, 0.4) is 0 Å². The van der Waals surface area contributed by atoms with Crippen molar-refractivity contribution in [2.75, 3.05) is 194 Å². The molecule has 0 aromatic heterocycles. The van der Waals surface area contributed by atoms with Gasteiger partial charge in [-0.15, -0.1) is 34.8 Å². The standard InChI is InChI=1S/2C29H60N3.C8H17N.C5H9Cl3.4C2F6NO4S2.3ClH.Li.H2O/c2*1-5-8-17-30(20-11-12-21-30)26-29(4,27-31(18-9-6-2)22-13-14-23-31)28-32(19-10-7-3)24-15-16-25-32;1-2-3-6-9-7-4-5-8-9;1-5(2-6,3-7)4-8;4*3-1(4,5)14(10,11)9-15(12,13)2(6,7)8;;;;;/h2*5-28H2,1-4H3;2-8H2,1H3;2-4H2,1H3;;;;;3*1H;;1H2/q2*+3;;;4*-1;;;;+1;/p-3. The molecule has 7 rings (SSSR count). The number of hydrogen-bond donors (Lipinski definition) is 0. The van der Waals surface area contributed by atoms with Crippen molar-refractivity contribution < 1.29 is 261 Å². The van der Waals surface area contributed by atoms with Gasteiger partial charge in [-0.2, -0.15) is 105 Å². The van der Waals surface area contributed by atoms with E-state index in [0.717, 1.165) is 16.5 Å². The quantitative estimate of drug-likeness (QED) is 0.0239. The number of alkyl halides is 27. The molecule has 0 radical (unpaired) electrons. The summed E-state index contributed by atoms with van der Waals surface area (Å²) in [5.41, 5.74) is -48.7. The van der Waals surface area contributed by atoms with Gasteiger partial charge >= 0.3 is 62.9 Å². The van der Waals surface area contributed by atoms with Crippen LogP contribution in [0.4, 0.5) is 105 Å². The number of hydrogen-bond acceptors (Lipinski definition) is 17. The van der Waals surface area contributed by atoms with Crippen LogP contribution < -0.4 is 56.1 Å². The predicted octanol–water partition coefficient (Wildman–Crippen LogP) is 8.47. The molecule has 28 nitrogen and oxygen atoms in total. The van der Waals surface area contributed by atoms with E-state index in [0.29, 0.717) is 28.5 Å². The molecule has 7 saturated heterocycles. The second kappa shape index (κ2) is 64.9. The molecule has 2 N–H and O–H groups in total. The van der Waals surface area contributed by atoms with Crippen LogP contribution in [0.1, 0.15) is 249 Å². The van der Waals surface area contributed by atoms with Gasteiger partial charge in [0.2, 0.25) is 0 Å². The van der Waals surface area contributed by atoms with Gasteiger partial charge in [0.15, 0.2) is 80.2 Å². The van der Waals surface area contributed by atoms with Crippen LogP contribution in [0.2, 0.25) is 0 Å². The van der Waals surface area contributed by atoms with E-state index < -0.39 is 124 Å². The van der Waals surface area contributed by atoms with Gasteiger partial charge in [0.05, 0.1) is 157 Å². The average molecular weight is 2460 g/mol. The summed E-state index contributed by atoms with van der Waals surface area (Å²) in [6.07, 6.45) is 40.1. The Kier molecular flexibility index (Phi) is 69.5. The number of halogens is 30. The van der Waals surface area contributed by atoms with Crippen molar-refractivity contribution in [3.63, 3.8) is 0 Å². The zero-order valence-corrected chi connectivity index (χ0v) is 95.1. The van der Waals surface area contributed by atoms with E-state index in [9.17, 15) is 173 Å². The molecule has 146 heavy (non-hydrogen) atoms. The van der Waals surface area contributed by atoms with Gasteiger partial charge in [-0.25, -0.2) is 67.3 Å². The summed E-state index contributed by atoms with van der Waals surface area (Å²) in [4.78, 5) is 2.57. The van der Waals surface area contributed by atoms with E-state index in [2.05, 4.69) is 67.2 Å². The van der Waals surface area contributed by atoms with Gasteiger partial charge in [-0.1, -0.05) is 100 Å². The molecular formula is C79H148Cl6F24LiN11O17S8. The summed E-state index contributed by atoms with van der Waals surface area (Å²) >= 11 is 16.6. The van der Waals surface area contributed by atoms with Crippen molar-refractivity contribution in [2.45, 2.75) is 293 Å². The first-order valence-electron chi connectivity index (χ1n) is 46.8. The smallest absolute Gasteiger partial charge is 1.00 e. The van der Waals surface area contributed by atoms with Crippen LogP contribution in [0.5, 0.6) is 0 Å². The van der Waals surface area contributed by atoms with E-state index in [1.807, 2.05) is 6.92 Å². The van der Waals surface area contributed by atoms with E-state index in [-0.39, 0.29) is 67.0 Å². The second-order valence-corrected chi connectivity index (χ2v) is 53.3. The maximum Gasteiger partial charge on any atom is 1.00 e. The number of nitrogens with zero attached hydrogens (tertiary/aromatic N) is 11. The summed E-state index contributed by atoms with van der Waals surface area (Å²) in [6.45, 7) is 63.5. The van der Waals surface area contributed by atoms with Crippen LogP contribution in [-0.2, 0) is 80.2 Å². The Balaban J connectivity index is -0.000000399. The summed E-state index contributed by atoms with van der Waals surface area (Å²) in [5.74, 6) is 1.58. The fourth-order valence-corrected chi connectivity index (χ4v) is 27.0. The molecule has 7 aliphatic rings. The Morgan fingerprint density at radius 3 is 0.452 bits per heavy atom. The summed E-state index contributed by atoms with van der Waals surface area (Å²) in [6, 6.07) is 0. The van der Waals surface area contributed by atoms with Crippen LogP contribution in [0.25, 0.3) is 16.5 Å². The van der Waals surface area contributed by atoms with Crippen molar-refractivity contribution in [3.8, 4) is 0 Å². The normalized spacial score (nSPS) is 18.9. The van der Waals surface area contributed by atoms with Gasteiger partial charge in [0, 0.05) is 100 Å². The second-order valence-electron chi connectivity index (χ2n) is 38.8. The fourth-order valence-electron chi connectivity index (χ4n) is 19.3. The van der Waals surface area contributed by atoms with E-state index >= 15 is 0 Å². The third-order valence-corrected chi connectivity index (χ3v) is 38.3. The molecule has 0 bridgehead atoms. The molecule has 7 heterocycles. The Morgan fingerprint density at radius 2 is 0.356 bits per heavy atom. The Bertz CT molecular complexity index is 3870. The maximum atomic E-state index is 11.4. The van der Waals surface area contributed by atoms with Gasteiger partial charge < -0.3 is 91.0 Å².